The van der Waals surface area contributed by atoms with Gasteiger partial charge in [-0.25, -0.2) is 4.98 Å². The van der Waals surface area contributed by atoms with E-state index in [0.29, 0.717) is 10.3 Å². The van der Waals surface area contributed by atoms with Gasteiger partial charge in [0.1, 0.15) is 10.8 Å². The SMILES string of the molecule is COc1ccc(-c2nnc(NC(=O)C(C)Sc3nc4ccccc4[nH]3)s2)cc1. The molecule has 0 saturated carbocycles. The van der Waals surface area contributed by atoms with Crippen molar-refractivity contribution < 1.29 is 9.53 Å². The van der Waals surface area contributed by atoms with Crippen LogP contribution in [0.3, 0.4) is 0 Å². The highest BCUT2D eigenvalue weighted by Crippen LogP contribution is 2.29. The molecule has 2 aromatic carbocycles. The number of nitrogens with one attached hydrogen (secondary N) is 2. The number of aromatic nitrogens is 4. The van der Waals surface area contributed by atoms with Gasteiger partial charge in [-0.1, -0.05) is 35.2 Å². The van der Waals surface area contributed by atoms with Crippen molar-refractivity contribution in [2.24, 2.45) is 0 Å². The number of H-pyrrole nitrogens is 1. The van der Waals surface area contributed by atoms with Crippen LogP contribution in [0, 0.1) is 0 Å². The van der Waals surface area contributed by atoms with Crippen molar-refractivity contribution in [1.29, 1.82) is 0 Å². The summed E-state index contributed by atoms with van der Waals surface area (Å²) in [6.07, 6.45) is 0. The zero-order valence-electron chi connectivity index (χ0n) is 15.2. The van der Waals surface area contributed by atoms with E-state index in [1.54, 1.807) is 7.11 Å². The first kappa shape index (κ1) is 18.5. The molecule has 1 amide bonds. The summed E-state index contributed by atoms with van der Waals surface area (Å²) < 4.78 is 5.16. The Balaban J connectivity index is 1.40. The molecule has 2 N–H and O–H groups in total. The number of imidazole rings is 1. The van der Waals surface area contributed by atoms with Crippen molar-refractivity contribution in [1.82, 2.24) is 20.2 Å². The molecule has 1 unspecified atom stereocenters. The Hall–Kier alpha value is -2.91. The molecule has 142 valence electrons. The maximum atomic E-state index is 12.5. The van der Waals surface area contributed by atoms with Crippen LogP contribution in [0.2, 0.25) is 0 Å². The van der Waals surface area contributed by atoms with Crippen LogP contribution < -0.4 is 10.1 Å². The smallest absolute Gasteiger partial charge is 0.239 e. The van der Waals surface area contributed by atoms with Gasteiger partial charge in [-0.2, -0.15) is 0 Å². The number of hydrogen-bond acceptors (Lipinski definition) is 7. The molecule has 0 bridgehead atoms. The van der Waals surface area contributed by atoms with Gasteiger partial charge in [0, 0.05) is 5.56 Å². The van der Waals surface area contributed by atoms with Crippen molar-refractivity contribution in [3.05, 3.63) is 48.5 Å². The van der Waals surface area contributed by atoms with E-state index in [2.05, 4.69) is 25.5 Å². The van der Waals surface area contributed by atoms with E-state index < -0.39 is 0 Å². The number of nitrogens with zero attached hydrogens (tertiary/aromatic N) is 3. The Bertz CT molecular complexity index is 1070. The van der Waals surface area contributed by atoms with Crippen molar-refractivity contribution in [2.45, 2.75) is 17.3 Å². The normalized spacial score (nSPS) is 12.1. The zero-order valence-corrected chi connectivity index (χ0v) is 16.8. The Kier molecular flexibility index (Phi) is 5.27. The predicted octanol–water partition coefficient (Wildman–Crippen LogP) is 4.21. The fourth-order valence-corrected chi connectivity index (χ4v) is 4.11. The fraction of sp³-hybridized carbons (Fsp3) is 0.158. The van der Waals surface area contributed by atoms with Gasteiger partial charge in [0.25, 0.3) is 0 Å². The highest BCUT2D eigenvalue weighted by molar-refractivity contribution is 8.00. The van der Waals surface area contributed by atoms with Gasteiger partial charge in [-0.05, 0) is 43.3 Å². The number of hydrogen-bond donors (Lipinski definition) is 2. The molecule has 0 fully saturated rings. The molecule has 1 atom stereocenters. The first-order valence-corrected chi connectivity index (χ1v) is 10.2. The number of fused-ring (bicyclic) bond motifs is 1. The summed E-state index contributed by atoms with van der Waals surface area (Å²) >= 11 is 2.70. The van der Waals surface area contributed by atoms with Crippen molar-refractivity contribution in [2.75, 3.05) is 12.4 Å². The van der Waals surface area contributed by atoms with Crippen molar-refractivity contribution in [3.63, 3.8) is 0 Å². The van der Waals surface area contributed by atoms with Crippen LogP contribution in [0.5, 0.6) is 5.75 Å². The number of carbonyl (C=O) groups is 1. The van der Waals surface area contributed by atoms with Gasteiger partial charge in [0.05, 0.1) is 23.4 Å². The molecule has 0 aliphatic heterocycles. The Morgan fingerprint density at radius 3 is 2.71 bits per heavy atom. The number of rotatable bonds is 6. The van der Waals surface area contributed by atoms with Gasteiger partial charge in [-0.3, -0.25) is 10.1 Å². The van der Waals surface area contributed by atoms with E-state index in [-0.39, 0.29) is 11.2 Å². The lowest BCUT2D eigenvalue weighted by Crippen LogP contribution is -2.22. The molecule has 0 aliphatic rings. The first-order chi connectivity index (χ1) is 13.6. The second-order valence-corrected chi connectivity index (χ2v) is 8.26. The summed E-state index contributed by atoms with van der Waals surface area (Å²) in [4.78, 5) is 20.2. The lowest BCUT2D eigenvalue weighted by molar-refractivity contribution is -0.115. The maximum absolute atomic E-state index is 12.5. The molecule has 0 spiro atoms. The Morgan fingerprint density at radius 2 is 1.96 bits per heavy atom. The number of carbonyl (C=O) groups excluding carboxylic acids is 1. The molecule has 0 saturated heterocycles. The Morgan fingerprint density at radius 1 is 1.18 bits per heavy atom. The number of aromatic amines is 1. The lowest BCUT2D eigenvalue weighted by Gasteiger charge is -2.07. The third-order valence-corrected chi connectivity index (χ3v) is 5.89. The molecule has 28 heavy (non-hydrogen) atoms. The monoisotopic (exact) mass is 411 g/mol. The van der Waals surface area contributed by atoms with Crippen molar-refractivity contribution in [3.8, 4) is 16.3 Å². The minimum atomic E-state index is -0.339. The van der Waals surface area contributed by atoms with E-state index in [0.717, 1.165) is 27.4 Å². The highest BCUT2D eigenvalue weighted by atomic mass is 32.2. The van der Waals surface area contributed by atoms with Gasteiger partial charge in [0.15, 0.2) is 5.16 Å². The number of anilines is 1. The standard InChI is InChI=1S/C19H17N5O2S2/c1-11(27-18-20-14-5-3-4-6-15(14)21-18)16(25)22-19-24-23-17(28-19)12-7-9-13(26-2)10-8-12/h3-11H,1-2H3,(H,20,21)(H,22,24,25). The summed E-state index contributed by atoms with van der Waals surface area (Å²) in [5, 5.41) is 12.6. The molecule has 0 aliphatic carbocycles. The zero-order chi connectivity index (χ0) is 19.5. The summed E-state index contributed by atoms with van der Waals surface area (Å²) in [5.41, 5.74) is 2.75. The number of ether oxygens (including phenoxy) is 1. The number of amides is 1. The molecule has 4 rings (SSSR count). The van der Waals surface area contributed by atoms with Crippen molar-refractivity contribution >= 4 is 45.2 Å². The number of benzene rings is 2. The minimum Gasteiger partial charge on any atom is -0.497 e. The van der Waals surface area contributed by atoms with Crippen LogP contribution in [-0.4, -0.2) is 38.4 Å². The average molecular weight is 412 g/mol. The van der Waals surface area contributed by atoms with Crippen LogP contribution in [0.4, 0.5) is 5.13 Å². The second-order valence-electron chi connectivity index (χ2n) is 5.95. The highest BCUT2D eigenvalue weighted by Gasteiger charge is 2.18. The molecular formula is C19H17N5O2S2. The van der Waals surface area contributed by atoms with Gasteiger partial charge in [0.2, 0.25) is 11.0 Å². The Labute approximate surface area is 169 Å². The van der Waals surface area contributed by atoms with E-state index in [1.807, 2.05) is 55.5 Å². The lowest BCUT2D eigenvalue weighted by atomic mass is 10.2. The van der Waals surface area contributed by atoms with E-state index in [9.17, 15) is 4.79 Å². The first-order valence-electron chi connectivity index (χ1n) is 8.52. The number of para-hydroxylation sites is 2. The predicted molar refractivity (Wildman–Crippen MR) is 112 cm³/mol. The third-order valence-electron chi connectivity index (χ3n) is 4.02. The van der Waals surface area contributed by atoms with Crippen LogP contribution >= 0.6 is 23.1 Å². The number of methoxy groups -OCH3 is 1. The molecular weight excluding hydrogens is 394 g/mol. The summed E-state index contributed by atoms with van der Waals surface area (Å²) in [6.45, 7) is 1.83. The van der Waals surface area contributed by atoms with E-state index >= 15 is 0 Å². The molecule has 0 radical (unpaired) electrons. The molecule has 4 aromatic rings. The fourth-order valence-electron chi connectivity index (χ4n) is 2.54. The van der Waals surface area contributed by atoms with E-state index in [1.165, 1.54) is 23.1 Å². The molecule has 2 heterocycles. The van der Waals surface area contributed by atoms with Crippen LogP contribution in [0.15, 0.2) is 53.7 Å². The maximum Gasteiger partial charge on any atom is 0.239 e. The average Bonchev–Trinajstić information content (AvgIpc) is 3.34. The molecule has 7 nitrogen and oxygen atoms in total. The second kappa shape index (κ2) is 7.99. The topological polar surface area (TPSA) is 92.8 Å². The van der Waals surface area contributed by atoms with Gasteiger partial charge in [-0.15, -0.1) is 10.2 Å². The van der Waals surface area contributed by atoms with Gasteiger partial charge >= 0.3 is 0 Å². The summed E-state index contributed by atoms with van der Waals surface area (Å²) in [7, 11) is 1.62. The third kappa shape index (κ3) is 4.00. The van der Waals surface area contributed by atoms with E-state index in [4.69, 9.17) is 4.74 Å². The van der Waals surface area contributed by atoms with Crippen LogP contribution in [-0.2, 0) is 4.79 Å². The van der Waals surface area contributed by atoms with Crippen LogP contribution in [0.25, 0.3) is 21.6 Å². The minimum absolute atomic E-state index is 0.150. The quantitative estimate of drug-likeness (QED) is 0.462. The summed E-state index contributed by atoms with van der Waals surface area (Å²) in [6, 6.07) is 15.3. The van der Waals surface area contributed by atoms with Crippen LogP contribution in [0.1, 0.15) is 6.92 Å². The molecule has 9 heteroatoms. The molecule has 2 aromatic heterocycles. The number of thioether (sulfide) groups is 1. The largest absolute Gasteiger partial charge is 0.497 e. The summed E-state index contributed by atoms with van der Waals surface area (Å²) in [5.74, 6) is 0.626. The van der Waals surface area contributed by atoms with Gasteiger partial charge < -0.3 is 9.72 Å².